The normalized spacial score (nSPS) is 17.0. The molecule has 1 atom stereocenters. The molecule has 0 saturated carbocycles. The van der Waals surface area contributed by atoms with Crippen molar-refractivity contribution >= 4 is 16.9 Å². The SMILES string of the molecule is O=C(c1ccc2n[nH]nc2c1)N1CCC[C@@H](c2nccn2Cc2cccnc2)C1. The highest BCUT2D eigenvalue weighted by Crippen LogP contribution is 2.27. The van der Waals surface area contributed by atoms with Gasteiger partial charge >= 0.3 is 0 Å². The summed E-state index contributed by atoms with van der Waals surface area (Å²) in [6.07, 6.45) is 9.48. The van der Waals surface area contributed by atoms with Gasteiger partial charge in [0.25, 0.3) is 5.91 Å². The van der Waals surface area contributed by atoms with Crippen molar-refractivity contribution in [2.24, 2.45) is 0 Å². The van der Waals surface area contributed by atoms with Crippen LogP contribution in [0, 0.1) is 0 Å². The molecule has 8 heteroatoms. The Morgan fingerprint density at radius 1 is 1.17 bits per heavy atom. The number of fused-ring (bicyclic) bond motifs is 1. The number of nitrogens with one attached hydrogen (secondary N) is 1. The van der Waals surface area contributed by atoms with Crippen molar-refractivity contribution in [1.82, 2.24) is 34.8 Å². The third kappa shape index (κ3) is 3.49. The lowest BCUT2D eigenvalue weighted by atomic mass is 9.96. The van der Waals surface area contributed by atoms with E-state index in [1.807, 2.05) is 41.7 Å². The van der Waals surface area contributed by atoms with Crippen LogP contribution in [0.2, 0.25) is 0 Å². The van der Waals surface area contributed by atoms with Gasteiger partial charge in [0, 0.05) is 49.4 Å². The van der Waals surface area contributed by atoms with Crippen LogP contribution in [0.25, 0.3) is 11.0 Å². The van der Waals surface area contributed by atoms with Crippen LogP contribution in [0.5, 0.6) is 0 Å². The fourth-order valence-electron chi connectivity index (χ4n) is 4.03. The number of piperidine rings is 1. The molecule has 8 nitrogen and oxygen atoms in total. The Morgan fingerprint density at radius 2 is 2.10 bits per heavy atom. The highest BCUT2D eigenvalue weighted by atomic mass is 16.2. The number of aromatic nitrogens is 6. The zero-order valence-electron chi connectivity index (χ0n) is 15.9. The lowest BCUT2D eigenvalue weighted by molar-refractivity contribution is 0.0703. The van der Waals surface area contributed by atoms with Gasteiger partial charge in [0.15, 0.2) is 0 Å². The molecule has 1 amide bonds. The summed E-state index contributed by atoms with van der Waals surface area (Å²) in [5.41, 5.74) is 3.24. The van der Waals surface area contributed by atoms with Crippen molar-refractivity contribution in [1.29, 1.82) is 0 Å². The summed E-state index contributed by atoms with van der Waals surface area (Å²) < 4.78 is 2.16. The van der Waals surface area contributed by atoms with Gasteiger partial charge in [-0.05, 0) is 42.7 Å². The molecule has 146 valence electrons. The summed E-state index contributed by atoms with van der Waals surface area (Å²) >= 11 is 0. The number of hydrogen-bond donors (Lipinski definition) is 1. The number of likely N-dealkylation sites (tertiary alicyclic amines) is 1. The molecular weight excluding hydrogens is 366 g/mol. The van der Waals surface area contributed by atoms with Crippen molar-refractivity contribution in [3.63, 3.8) is 0 Å². The number of pyridine rings is 1. The van der Waals surface area contributed by atoms with Gasteiger partial charge in [0.05, 0.1) is 6.54 Å². The van der Waals surface area contributed by atoms with E-state index in [1.165, 1.54) is 0 Å². The zero-order valence-corrected chi connectivity index (χ0v) is 15.9. The summed E-state index contributed by atoms with van der Waals surface area (Å²) in [6.45, 7) is 2.16. The fraction of sp³-hybridized carbons (Fsp3) is 0.286. The van der Waals surface area contributed by atoms with E-state index in [0.29, 0.717) is 17.6 Å². The average molecular weight is 387 g/mol. The topological polar surface area (TPSA) is 92.6 Å². The highest BCUT2D eigenvalue weighted by Gasteiger charge is 2.28. The van der Waals surface area contributed by atoms with Crippen LogP contribution >= 0.6 is 0 Å². The Balaban J connectivity index is 1.34. The second kappa shape index (κ2) is 7.46. The number of H-pyrrole nitrogens is 1. The summed E-state index contributed by atoms with van der Waals surface area (Å²) in [4.78, 5) is 23.8. The number of rotatable bonds is 4. The minimum Gasteiger partial charge on any atom is -0.338 e. The number of carbonyl (C=O) groups excluding carboxylic acids is 1. The first-order valence-electron chi connectivity index (χ1n) is 9.77. The van der Waals surface area contributed by atoms with Crippen LogP contribution in [-0.4, -0.2) is 53.8 Å². The Kier molecular flexibility index (Phi) is 4.51. The Hall–Kier alpha value is -3.55. The van der Waals surface area contributed by atoms with E-state index in [1.54, 1.807) is 12.3 Å². The van der Waals surface area contributed by atoms with E-state index in [0.717, 1.165) is 42.8 Å². The fourth-order valence-corrected chi connectivity index (χ4v) is 4.03. The van der Waals surface area contributed by atoms with Crippen LogP contribution in [0.3, 0.4) is 0 Å². The molecule has 0 bridgehead atoms. The summed E-state index contributed by atoms with van der Waals surface area (Å²) in [7, 11) is 0. The van der Waals surface area contributed by atoms with Gasteiger partial charge < -0.3 is 9.47 Å². The molecule has 3 aromatic heterocycles. The van der Waals surface area contributed by atoms with Crippen molar-refractivity contribution in [2.75, 3.05) is 13.1 Å². The molecule has 1 N–H and O–H groups in total. The maximum Gasteiger partial charge on any atom is 0.253 e. The zero-order chi connectivity index (χ0) is 19.6. The Bertz CT molecular complexity index is 1130. The molecule has 4 aromatic rings. The third-order valence-electron chi connectivity index (χ3n) is 5.46. The molecule has 1 aliphatic heterocycles. The monoisotopic (exact) mass is 387 g/mol. The molecule has 1 fully saturated rings. The van der Waals surface area contributed by atoms with E-state index < -0.39 is 0 Å². The van der Waals surface area contributed by atoms with E-state index in [4.69, 9.17) is 0 Å². The number of carbonyl (C=O) groups is 1. The molecule has 1 saturated heterocycles. The van der Waals surface area contributed by atoms with Crippen LogP contribution in [0.4, 0.5) is 0 Å². The van der Waals surface area contributed by atoms with Crippen molar-refractivity contribution in [3.8, 4) is 0 Å². The number of hydrogen-bond acceptors (Lipinski definition) is 5. The highest BCUT2D eigenvalue weighted by molar-refractivity contribution is 5.97. The molecule has 5 rings (SSSR count). The van der Waals surface area contributed by atoms with E-state index in [-0.39, 0.29) is 11.8 Å². The van der Waals surface area contributed by atoms with Crippen LogP contribution in [-0.2, 0) is 6.54 Å². The van der Waals surface area contributed by atoms with Gasteiger partial charge in [0.2, 0.25) is 0 Å². The second-order valence-corrected chi connectivity index (χ2v) is 7.39. The van der Waals surface area contributed by atoms with Gasteiger partial charge in [-0.15, -0.1) is 0 Å². The molecule has 1 aliphatic rings. The number of amides is 1. The lowest BCUT2D eigenvalue weighted by Gasteiger charge is -2.32. The quantitative estimate of drug-likeness (QED) is 0.581. The Labute approximate surface area is 167 Å². The van der Waals surface area contributed by atoms with Gasteiger partial charge in [-0.3, -0.25) is 9.78 Å². The molecule has 29 heavy (non-hydrogen) atoms. The first-order chi connectivity index (χ1) is 14.3. The minimum atomic E-state index is 0.0324. The first kappa shape index (κ1) is 17.5. The smallest absolute Gasteiger partial charge is 0.253 e. The average Bonchev–Trinajstić information content (AvgIpc) is 3.43. The first-order valence-corrected chi connectivity index (χ1v) is 9.77. The van der Waals surface area contributed by atoms with Crippen molar-refractivity contribution in [3.05, 3.63) is 72.1 Å². The summed E-state index contributed by atoms with van der Waals surface area (Å²) in [5, 5.41) is 10.7. The van der Waals surface area contributed by atoms with Crippen molar-refractivity contribution in [2.45, 2.75) is 25.3 Å². The predicted octanol–water partition coefficient (Wildman–Crippen LogP) is 2.62. The number of nitrogens with zero attached hydrogens (tertiary/aromatic N) is 6. The van der Waals surface area contributed by atoms with Gasteiger partial charge in [-0.2, -0.15) is 15.4 Å². The minimum absolute atomic E-state index is 0.0324. The lowest BCUT2D eigenvalue weighted by Crippen LogP contribution is -2.39. The Morgan fingerprint density at radius 3 is 3.00 bits per heavy atom. The van der Waals surface area contributed by atoms with Crippen molar-refractivity contribution < 1.29 is 4.79 Å². The van der Waals surface area contributed by atoms with Gasteiger partial charge in [-0.1, -0.05) is 6.07 Å². The van der Waals surface area contributed by atoms with Gasteiger partial charge in [0.1, 0.15) is 16.9 Å². The molecule has 0 unspecified atom stereocenters. The van der Waals surface area contributed by atoms with E-state index in [2.05, 4.69) is 36.0 Å². The van der Waals surface area contributed by atoms with Crippen LogP contribution in [0.1, 0.15) is 40.5 Å². The van der Waals surface area contributed by atoms with E-state index in [9.17, 15) is 4.79 Å². The maximum absolute atomic E-state index is 13.1. The second-order valence-electron chi connectivity index (χ2n) is 7.39. The maximum atomic E-state index is 13.1. The molecule has 0 spiro atoms. The molecule has 4 heterocycles. The molecule has 1 aromatic carbocycles. The third-order valence-corrected chi connectivity index (χ3v) is 5.46. The standard InChI is InChI=1S/C21H21N7O/c29-21(16-5-6-18-19(11-16)25-26-24-18)28-9-2-4-17(14-28)20-23-8-10-27(20)13-15-3-1-7-22-12-15/h1,3,5-8,10-12,17H,2,4,9,13-14H2,(H,24,25,26)/t17-/m1/s1. The van der Waals surface area contributed by atoms with Crippen LogP contribution < -0.4 is 0 Å². The molecular formula is C21H21N7O. The van der Waals surface area contributed by atoms with Crippen LogP contribution in [0.15, 0.2) is 55.1 Å². The molecule has 0 radical (unpaired) electrons. The van der Waals surface area contributed by atoms with Gasteiger partial charge in [-0.25, -0.2) is 4.98 Å². The summed E-state index contributed by atoms with van der Waals surface area (Å²) in [6, 6.07) is 9.45. The van der Waals surface area contributed by atoms with E-state index >= 15 is 0 Å². The largest absolute Gasteiger partial charge is 0.338 e. The predicted molar refractivity (Wildman–Crippen MR) is 107 cm³/mol. The molecule has 0 aliphatic carbocycles. The summed E-state index contributed by atoms with van der Waals surface area (Å²) in [5.74, 6) is 1.28. The number of aromatic amines is 1. The number of imidazole rings is 1. The number of benzene rings is 1.